The number of aromatic nitrogens is 2. The van der Waals surface area contributed by atoms with Crippen LogP contribution in [-0.4, -0.2) is 9.97 Å². The van der Waals surface area contributed by atoms with Crippen LogP contribution >= 0.6 is 0 Å². The molecule has 0 fully saturated rings. The Morgan fingerprint density at radius 3 is 1.96 bits per heavy atom. The third-order valence-corrected chi connectivity index (χ3v) is 4.97. The Bertz CT molecular complexity index is 1090. The van der Waals surface area contributed by atoms with Crippen LogP contribution in [0.4, 0.5) is 0 Å². The van der Waals surface area contributed by atoms with Crippen LogP contribution in [0.3, 0.4) is 0 Å². The molecule has 3 aromatic carbocycles. The molecule has 0 saturated heterocycles. The fourth-order valence-corrected chi connectivity index (χ4v) is 3.22. The molecule has 134 valence electrons. The predicted octanol–water partition coefficient (Wildman–Crippen LogP) is 6.57. The van der Waals surface area contributed by atoms with E-state index in [4.69, 9.17) is 4.98 Å². The van der Waals surface area contributed by atoms with Gasteiger partial charge in [0.25, 0.3) is 0 Å². The summed E-state index contributed by atoms with van der Waals surface area (Å²) in [6.07, 6.45) is 1.86. The van der Waals surface area contributed by atoms with E-state index in [-0.39, 0.29) is 5.41 Å². The maximum atomic E-state index is 4.79. The standard InChI is InChI=1S/C25H24N2/c1-17-5-7-19(8-6-17)24-16-26-23-15-20(11-14-22(23)27-24)18-9-12-21(13-10-18)25(2,3)4/h5-16H,1-4H3. The van der Waals surface area contributed by atoms with Crippen LogP contribution in [0.2, 0.25) is 0 Å². The highest BCUT2D eigenvalue weighted by molar-refractivity contribution is 5.83. The van der Waals surface area contributed by atoms with Crippen molar-refractivity contribution in [2.45, 2.75) is 33.1 Å². The molecular formula is C25H24N2. The summed E-state index contributed by atoms with van der Waals surface area (Å²) in [5, 5.41) is 0. The molecule has 2 nitrogen and oxygen atoms in total. The van der Waals surface area contributed by atoms with E-state index in [0.29, 0.717) is 0 Å². The second kappa shape index (κ2) is 6.62. The van der Waals surface area contributed by atoms with Crippen molar-refractivity contribution in [2.75, 3.05) is 0 Å². The van der Waals surface area contributed by atoms with Crippen LogP contribution in [0.1, 0.15) is 31.9 Å². The van der Waals surface area contributed by atoms with Crippen LogP contribution in [-0.2, 0) is 5.41 Å². The van der Waals surface area contributed by atoms with E-state index < -0.39 is 0 Å². The molecule has 0 saturated carbocycles. The summed E-state index contributed by atoms with van der Waals surface area (Å²) < 4.78 is 0. The second-order valence-electron chi connectivity index (χ2n) is 8.15. The molecule has 0 aliphatic heterocycles. The highest BCUT2D eigenvalue weighted by atomic mass is 14.8. The minimum absolute atomic E-state index is 0.166. The highest BCUT2D eigenvalue weighted by Gasteiger charge is 2.13. The van der Waals surface area contributed by atoms with E-state index in [0.717, 1.165) is 22.3 Å². The molecule has 0 aliphatic rings. The van der Waals surface area contributed by atoms with Gasteiger partial charge in [-0.2, -0.15) is 0 Å². The van der Waals surface area contributed by atoms with Crippen LogP contribution in [0, 0.1) is 6.92 Å². The Kier molecular flexibility index (Phi) is 4.27. The van der Waals surface area contributed by atoms with Crippen LogP contribution in [0.25, 0.3) is 33.4 Å². The first-order valence-electron chi connectivity index (χ1n) is 9.35. The van der Waals surface area contributed by atoms with Crippen molar-refractivity contribution >= 4 is 11.0 Å². The van der Waals surface area contributed by atoms with E-state index in [1.807, 2.05) is 6.20 Å². The van der Waals surface area contributed by atoms with Gasteiger partial charge in [-0.3, -0.25) is 4.98 Å². The van der Waals surface area contributed by atoms with Gasteiger partial charge in [-0.05, 0) is 41.2 Å². The lowest BCUT2D eigenvalue weighted by Gasteiger charge is -2.19. The van der Waals surface area contributed by atoms with E-state index in [1.165, 1.54) is 22.3 Å². The summed E-state index contributed by atoms with van der Waals surface area (Å²) in [6, 6.07) is 23.5. The summed E-state index contributed by atoms with van der Waals surface area (Å²) >= 11 is 0. The molecule has 0 N–H and O–H groups in total. The van der Waals surface area contributed by atoms with Crippen molar-refractivity contribution in [3.63, 3.8) is 0 Å². The monoisotopic (exact) mass is 352 g/mol. The van der Waals surface area contributed by atoms with E-state index >= 15 is 0 Å². The third-order valence-electron chi connectivity index (χ3n) is 4.97. The Balaban J connectivity index is 1.68. The lowest BCUT2D eigenvalue weighted by molar-refractivity contribution is 0.590. The smallest absolute Gasteiger partial charge is 0.0894 e. The molecule has 0 spiro atoms. The van der Waals surface area contributed by atoms with Crippen molar-refractivity contribution in [1.82, 2.24) is 9.97 Å². The number of rotatable bonds is 2. The Labute approximate surface area is 160 Å². The molecule has 1 heterocycles. The zero-order valence-electron chi connectivity index (χ0n) is 16.3. The Hall–Kier alpha value is -3.00. The molecule has 0 unspecified atom stereocenters. The van der Waals surface area contributed by atoms with Gasteiger partial charge in [0.05, 0.1) is 22.9 Å². The number of benzene rings is 3. The van der Waals surface area contributed by atoms with E-state index in [1.54, 1.807) is 0 Å². The summed E-state index contributed by atoms with van der Waals surface area (Å²) in [5.41, 5.74) is 8.96. The van der Waals surface area contributed by atoms with Gasteiger partial charge in [-0.25, -0.2) is 4.98 Å². The van der Waals surface area contributed by atoms with Gasteiger partial charge < -0.3 is 0 Å². The summed E-state index contributed by atoms with van der Waals surface area (Å²) in [6.45, 7) is 8.79. The molecule has 0 bridgehead atoms. The average molecular weight is 352 g/mol. The van der Waals surface area contributed by atoms with E-state index in [9.17, 15) is 0 Å². The van der Waals surface area contributed by atoms with Gasteiger partial charge in [0.1, 0.15) is 0 Å². The first kappa shape index (κ1) is 17.4. The molecule has 2 heteroatoms. The predicted molar refractivity (Wildman–Crippen MR) is 114 cm³/mol. The van der Waals surface area contributed by atoms with Gasteiger partial charge in [0, 0.05) is 5.56 Å². The fraction of sp³-hybridized carbons (Fsp3) is 0.200. The van der Waals surface area contributed by atoms with Crippen LogP contribution in [0.15, 0.2) is 72.9 Å². The van der Waals surface area contributed by atoms with Crippen molar-refractivity contribution in [1.29, 1.82) is 0 Å². The van der Waals surface area contributed by atoms with Crippen LogP contribution in [0.5, 0.6) is 0 Å². The molecule has 0 aliphatic carbocycles. The summed E-state index contributed by atoms with van der Waals surface area (Å²) in [7, 11) is 0. The second-order valence-corrected chi connectivity index (χ2v) is 8.15. The average Bonchev–Trinajstić information content (AvgIpc) is 2.67. The molecule has 4 aromatic rings. The Morgan fingerprint density at radius 1 is 0.667 bits per heavy atom. The molecule has 0 radical (unpaired) electrons. The maximum Gasteiger partial charge on any atom is 0.0894 e. The molecule has 27 heavy (non-hydrogen) atoms. The summed E-state index contributed by atoms with van der Waals surface area (Å²) in [5.74, 6) is 0. The molecule has 1 aromatic heterocycles. The van der Waals surface area contributed by atoms with Gasteiger partial charge in [-0.1, -0.05) is 80.9 Å². The van der Waals surface area contributed by atoms with Gasteiger partial charge >= 0.3 is 0 Å². The van der Waals surface area contributed by atoms with Crippen molar-refractivity contribution in [3.05, 3.63) is 84.1 Å². The zero-order valence-corrected chi connectivity index (χ0v) is 16.3. The number of nitrogens with zero attached hydrogens (tertiary/aromatic N) is 2. The lowest BCUT2D eigenvalue weighted by atomic mass is 9.86. The Morgan fingerprint density at radius 2 is 1.30 bits per heavy atom. The lowest BCUT2D eigenvalue weighted by Crippen LogP contribution is -2.10. The van der Waals surface area contributed by atoms with Gasteiger partial charge in [0.15, 0.2) is 0 Å². The number of aryl methyl sites for hydroxylation is 1. The largest absolute Gasteiger partial charge is 0.252 e. The van der Waals surface area contributed by atoms with E-state index in [2.05, 4.69) is 99.4 Å². The first-order valence-corrected chi connectivity index (χ1v) is 9.35. The molecular weight excluding hydrogens is 328 g/mol. The van der Waals surface area contributed by atoms with Crippen molar-refractivity contribution in [3.8, 4) is 22.4 Å². The molecule has 0 amide bonds. The minimum atomic E-state index is 0.166. The molecule has 0 atom stereocenters. The quantitative estimate of drug-likeness (QED) is 0.408. The topological polar surface area (TPSA) is 25.8 Å². The summed E-state index contributed by atoms with van der Waals surface area (Å²) in [4.78, 5) is 9.45. The minimum Gasteiger partial charge on any atom is -0.252 e. The SMILES string of the molecule is Cc1ccc(-c2cnc3cc(-c4ccc(C(C)(C)C)cc4)ccc3n2)cc1. The number of hydrogen-bond donors (Lipinski definition) is 0. The van der Waals surface area contributed by atoms with Crippen molar-refractivity contribution < 1.29 is 0 Å². The maximum absolute atomic E-state index is 4.79. The van der Waals surface area contributed by atoms with Gasteiger partial charge in [0.2, 0.25) is 0 Å². The zero-order chi connectivity index (χ0) is 19.0. The highest BCUT2D eigenvalue weighted by Crippen LogP contribution is 2.28. The molecule has 4 rings (SSSR count). The van der Waals surface area contributed by atoms with Crippen LogP contribution < -0.4 is 0 Å². The van der Waals surface area contributed by atoms with Gasteiger partial charge in [-0.15, -0.1) is 0 Å². The third kappa shape index (κ3) is 3.61. The number of fused-ring (bicyclic) bond motifs is 1. The van der Waals surface area contributed by atoms with Crippen molar-refractivity contribution in [2.24, 2.45) is 0 Å². The first-order chi connectivity index (χ1) is 12.9. The number of hydrogen-bond acceptors (Lipinski definition) is 2. The fourth-order valence-electron chi connectivity index (χ4n) is 3.22. The normalized spacial score (nSPS) is 11.7.